The second kappa shape index (κ2) is 10.3. The first-order valence-electron chi connectivity index (χ1n) is 9.70. The first-order valence-corrected chi connectivity index (χ1v) is 13.2. The number of benzene rings is 4. The predicted molar refractivity (Wildman–Crippen MR) is 127 cm³/mol. The molecule has 0 heterocycles. The van der Waals surface area contributed by atoms with Crippen molar-refractivity contribution < 1.29 is 15.5 Å². The fourth-order valence-corrected chi connectivity index (χ4v) is 9.95. The topological polar surface area (TPSA) is 0 Å². The van der Waals surface area contributed by atoms with E-state index in [-0.39, 0.29) is 4.63 Å². The Balaban J connectivity index is 1.70. The summed E-state index contributed by atoms with van der Waals surface area (Å²) in [5.74, 6) is 0. The molecule has 29 heavy (non-hydrogen) atoms. The summed E-state index contributed by atoms with van der Waals surface area (Å²) >= 11 is 5.86. The zero-order chi connectivity index (χ0) is 19.9. The summed E-state index contributed by atoms with van der Waals surface area (Å²) in [6, 6.07) is 43.5. The Hall–Kier alpha value is -1.77. The van der Waals surface area contributed by atoms with Gasteiger partial charge in [0.25, 0.3) is 0 Å². The molecule has 0 spiro atoms. The Labute approximate surface area is 184 Å². The summed E-state index contributed by atoms with van der Waals surface area (Å²) in [6.45, 7) is 0. The summed E-state index contributed by atoms with van der Waals surface area (Å²) in [5.41, 5.74) is 0. The van der Waals surface area contributed by atoms with Crippen molar-refractivity contribution in [3.05, 3.63) is 121 Å². The number of hydrogen-bond donors (Lipinski definition) is 0. The van der Waals surface area contributed by atoms with E-state index in [0.29, 0.717) is 0 Å². The van der Waals surface area contributed by atoms with Gasteiger partial charge < -0.3 is 0 Å². The third-order valence-electron chi connectivity index (χ3n) is 4.79. The monoisotopic (exact) mass is 455 g/mol. The van der Waals surface area contributed by atoms with E-state index in [2.05, 4.69) is 121 Å². The van der Waals surface area contributed by atoms with Gasteiger partial charge in [-0.1, -0.05) is 0 Å². The molecular weight excluding hydrogens is 433 g/mol. The summed E-state index contributed by atoms with van der Waals surface area (Å²) in [5, 5.41) is 5.57. The van der Waals surface area contributed by atoms with Crippen LogP contribution in [0.4, 0.5) is 0 Å². The molecule has 147 valence electrons. The van der Waals surface area contributed by atoms with E-state index < -0.39 is 15.8 Å². The van der Waals surface area contributed by atoms with Crippen LogP contribution in [0.15, 0.2) is 121 Å². The Morgan fingerprint density at radius 3 is 1.14 bits per heavy atom. The van der Waals surface area contributed by atoms with Gasteiger partial charge in [-0.05, 0) is 0 Å². The van der Waals surface area contributed by atoms with Gasteiger partial charge in [0.15, 0.2) is 0 Å². The van der Waals surface area contributed by atoms with Crippen LogP contribution in [0.5, 0.6) is 0 Å². The average Bonchev–Trinajstić information content (AvgIpc) is 2.80. The number of rotatable bonds is 7. The van der Waals surface area contributed by atoms with Gasteiger partial charge in [-0.15, -0.1) is 0 Å². The minimum absolute atomic E-state index is 0.210. The molecule has 0 aliphatic rings. The number of hydrogen-bond acceptors (Lipinski definition) is 0. The maximum atomic E-state index is 5.86. The third kappa shape index (κ3) is 5.24. The molecule has 4 rings (SSSR count). The van der Waals surface area contributed by atoms with Crippen LogP contribution in [-0.2, 0) is 15.5 Å². The summed E-state index contributed by atoms with van der Waals surface area (Å²) in [7, 11) is -1.06. The van der Waals surface area contributed by atoms with E-state index >= 15 is 0 Å². The summed E-state index contributed by atoms with van der Waals surface area (Å²) < 4.78 is 0.210. The van der Waals surface area contributed by atoms with Crippen molar-refractivity contribution in [2.24, 2.45) is 0 Å². The van der Waals surface area contributed by atoms with Crippen molar-refractivity contribution in [2.45, 2.75) is 4.63 Å². The normalized spacial score (nSPS) is 12.3. The van der Waals surface area contributed by atoms with Gasteiger partial charge in [0.1, 0.15) is 0 Å². The molecule has 0 aliphatic carbocycles. The van der Waals surface area contributed by atoms with Crippen LogP contribution in [-0.4, -0.2) is 10.8 Å². The molecule has 0 aliphatic heterocycles. The van der Waals surface area contributed by atoms with Crippen LogP contribution in [0.2, 0.25) is 0 Å². The van der Waals surface area contributed by atoms with Gasteiger partial charge in [-0.25, -0.2) is 0 Å². The molecule has 0 nitrogen and oxygen atoms in total. The molecule has 0 saturated carbocycles. The van der Waals surface area contributed by atoms with Crippen molar-refractivity contribution in [1.29, 1.82) is 0 Å². The molecule has 1 unspecified atom stereocenters. The third-order valence-corrected chi connectivity index (χ3v) is 11.3. The van der Waals surface area contributed by atoms with Crippen LogP contribution in [0.25, 0.3) is 0 Å². The van der Waals surface area contributed by atoms with Gasteiger partial charge in [0.05, 0.1) is 0 Å². The van der Waals surface area contributed by atoms with Crippen molar-refractivity contribution in [2.75, 3.05) is 6.16 Å². The predicted octanol–water partition coefficient (Wildman–Crippen LogP) is 5.13. The molecule has 0 radical (unpaired) electrons. The van der Waals surface area contributed by atoms with E-state index in [0.717, 1.165) is 6.16 Å². The Morgan fingerprint density at radius 1 is 0.483 bits per heavy atom. The zero-order valence-electron chi connectivity index (χ0n) is 16.0. The fraction of sp³-hybridized carbons (Fsp3) is 0.0769. The van der Waals surface area contributed by atoms with Crippen LogP contribution in [0.3, 0.4) is 0 Å². The Kier molecular flexibility index (Phi) is 7.30. The van der Waals surface area contributed by atoms with Gasteiger partial charge in [0, 0.05) is 0 Å². The van der Waals surface area contributed by atoms with Crippen LogP contribution < -0.4 is 21.2 Å². The van der Waals surface area contributed by atoms with E-state index in [4.69, 9.17) is 15.5 Å². The van der Waals surface area contributed by atoms with Gasteiger partial charge in [-0.3, -0.25) is 0 Å². The molecule has 1 atom stereocenters. The molecule has 3 heteroatoms. The zero-order valence-corrected chi connectivity index (χ0v) is 18.8. The van der Waals surface area contributed by atoms with Gasteiger partial charge in [0.2, 0.25) is 0 Å². The molecule has 0 aromatic heterocycles. The van der Waals surface area contributed by atoms with Gasteiger partial charge >= 0.3 is 185 Å². The minimum atomic E-state index is -0.576. The second-order valence-corrected chi connectivity index (χ2v) is 12.4. The van der Waals surface area contributed by atoms with E-state index in [9.17, 15) is 0 Å². The SMILES string of the molecule is [Ni][CH](CP(c1ccccc1)c1ccccc1)P(c1ccccc1)c1ccccc1. The Bertz CT molecular complexity index is 913. The van der Waals surface area contributed by atoms with Crippen LogP contribution in [0.1, 0.15) is 0 Å². The maximum absolute atomic E-state index is 5.86. The van der Waals surface area contributed by atoms with E-state index in [1.54, 1.807) is 0 Å². The molecular formula is C26H23NiP2. The summed E-state index contributed by atoms with van der Waals surface area (Å²) in [4.78, 5) is 0. The summed E-state index contributed by atoms with van der Waals surface area (Å²) in [6.07, 6.45) is 1.03. The quantitative estimate of drug-likeness (QED) is 0.268. The average molecular weight is 456 g/mol. The van der Waals surface area contributed by atoms with E-state index in [1.807, 2.05) is 0 Å². The molecule has 0 saturated heterocycles. The second-order valence-electron chi connectivity index (χ2n) is 6.72. The van der Waals surface area contributed by atoms with Crippen molar-refractivity contribution >= 4 is 37.1 Å². The van der Waals surface area contributed by atoms with Crippen molar-refractivity contribution in [1.82, 2.24) is 0 Å². The molecule has 4 aromatic rings. The van der Waals surface area contributed by atoms with Crippen molar-refractivity contribution in [3.63, 3.8) is 0 Å². The molecule has 0 N–H and O–H groups in total. The first-order chi connectivity index (χ1) is 14.3. The van der Waals surface area contributed by atoms with Gasteiger partial charge in [-0.2, -0.15) is 0 Å². The molecule has 4 aromatic carbocycles. The fourth-order valence-electron chi connectivity index (χ4n) is 3.43. The molecule has 0 bridgehead atoms. The molecule has 0 amide bonds. The van der Waals surface area contributed by atoms with Crippen molar-refractivity contribution in [3.8, 4) is 0 Å². The standard InChI is InChI=1S/C26H23P2.Ni/c1-5-13-23(14-6-1)27(24-15-7-2-8-16-24)21-22-28(25-17-9-3-10-18-25)26-19-11-4-12-20-26;/h1-21H,22H2;. The molecule has 0 fully saturated rings. The van der Waals surface area contributed by atoms with Crippen LogP contribution in [0, 0.1) is 0 Å². The van der Waals surface area contributed by atoms with Crippen LogP contribution >= 0.6 is 15.8 Å². The van der Waals surface area contributed by atoms with E-state index in [1.165, 1.54) is 21.2 Å². The Morgan fingerprint density at radius 2 is 0.793 bits per heavy atom. The first kappa shape index (κ1) is 20.5.